The maximum atomic E-state index is 9.36. The third kappa shape index (κ3) is 1.96. The Morgan fingerprint density at radius 1 is 1.37 bits per heavy atom. The lowest BCUT2D eigenvalue weighted by atomic mass is 10.1. The summed E-state index contributed by atoms with van der Waals surface area (Å²) in [4.78, 5) is 0. The molecule has 0 radical (unpaired) electrons. The lowest BCUT2D eigenvalue weighted by molar-refractivity contribution is 0.174. The van der Waals surface area contributed by atoms with Crippen molar-refractivity contribution in [3.8, 4) is 22.8 Å². The molecule has 0 aliphatic carbocycles. The number of nitrogens with zero attached hydrogens (tertiary/aromatic N) is 3. The molecular weight excluding hydrogens is 246 g/mol. The Labute approximate surface area is 109 Å². The number of hydrogen-bond acceptors (Lipinski definition) is 5. The number of fused-ring (bicyclic) bond motifs is 1. The number of aromatic nitrogens is 3. The van der Waals surface area contributed by atoms with Crippen LogP contribution in [-0.4, -0.2) is 26.9 Å². The number of aliphatic hydroxyl groups excluding tert-OH is 1. The van der Waals surface area contributed by atoms with Crippen molar-refractivity contribution >= 4 is 0 Å². The first-order valence-electron chi connectivity index (χ1n) is 5.87. The van der Waals surface area contributed by atoms with E-state index in [0.29, 0.717) is 18.0 Å². The van der Waals surface area contributed by atoms with E-state index < -0.39 is 0 Å². The third-order valence-corrected chi connectivity index (χ3v) is 2.90. The summed E-state index contributed by atoms with van der Waals surface area (Å²) < 4.78 is 12.3. The van der Waals surface area contributed by atoms with Gasteiger partial charge in [-0.05, 0) is 18.2 Å². The zero-order chi connectivity index (χ0) is 13.2. The van der Waals surface area contributed by atoms with Crippen molar-refractivity contribution in [1.29, 1.82) is 0 Å². The van der Waals surface area contributed by atoms with Crippen LogP contribution < -0.4 is 9.47 Å². The molecule has 2 heterocycles. The van der Waals surface area contributed by atoms with Crippen LogP contribution in [0.4, 0.5) is 0 Å². The highest BCUT2D eigenvalue weighted by Crippen LogP contribution is 2.36. The molecule has 98 valence electrons. The predicted molar refractivity (Wildman–Crippen MR) is 67.7 cm³/mol. The van der Waals surface area contributed by atoms with E-state index in [1.54, 1.807) is 10.8 Å². The molecule has 1 aliphatic heterocycles. The fourth-order valence-electron chi connectivity index (χ4n) is 2.07. The van der Waals surface area contributed by atoms with Gasteiger partial charge >= 0.3 is 0 Å². The van der Waals surface area contributed by atoms with Crippen LogP contribution in [0.2, 0.25) is 0 Å². The second kappa shape index (κ2) is 4.74. The standard InChI is InChI=1S/C13H13N3O3/c1-2-5-16-13(10(7-17)14-15-16)9-3-4-11-12(6-9)19-8-18-11/h2-4,6,17H,1,5,7-8H2. The molecule has 1 aliphatic rings. The van der Waals surface area contributed by atoms with Crippen LogP contribution in [0.1, 0.15) is 5.69 Å². The van der Waals surface area contributed by atoms with Gasteiger partial charge < -0.3 is 14.6 Å². The average Bonchev–Trinajstić information content (AvgIpc) is 3.04. The van der Waals surface area contributed by atoms with Crippen LogP contribution in [0.15, 0.2) is 30.9 Å². The number of hydrogen-bond donors (Lipinski definition) is 1. The number of ether oxygens (including phenoxy) is 2. The Morgan fingerprint density at radius 2 is 2.21 bits per heavy atom. The molecule has 0 amide bonds. The molecule has 1 aromatic carbocycles. The Kier molecular flexibility index (Phi) is 2.92. The van der Waals surface area contributed by atoms with E-state index in [4.69, 9.17) is 9.47 Å². The molecule has 0 saturated heterocycles. The van der Waals surface area contributed by atoms with E-state index in [0.717, 1.165) is 17.0 Å². The van der Waals surface area contributed by atoms with Gasteiger partial charge in [-0.25, -0.2) is 4.68 Å². The van der Waals surface area contributed by atoms with Gasteiger partial charge in [-0.3, -0.25) is 0 Å². The fraction of sp³-hybridized carbons (Fsp3) is 0.231. The van der Waals surface area contributed by atoms with E-state index in [-0.39, 0.29) is 13.4 Å². The van der Waals surface area contributed by atoms with Gasteiger partial charge in [-0.2, -0.15) is 0 Å². The van der Waals surface area contributed by atoms with Gasteiger partial charge in [0.25, 0.3) is 0 Å². The minimum Gasteiger partial charge on any atom is -0.454 e. The van der Waals surface area contributed by atoms with Crippen molar-refractivity contribution in [2.75, 3.05) is 6.79 Å². The Hall–Kier alpha value is -2.34. The molecular formula is C13H13N3O3. The fourth-order valence-corrected chi connectivity index (χ4v) is 2.07. The lowest BCUT2D eigenvalue weighted by Gasteiger charge is -2.06. The smallest absolute Gasteiger partial charge is 0.231 e. The van der Waals surface area contributed by atoms with Crippen molar-refractivity contribution in [2.45, 2.75) is 13.2 Å². The van der Waals surface area contributed by atoms with E-state index in [2.05, 4.69) is 16.9 Å². The largest absolute Gasteiger partial charge is 0.454 e. The maximum Gasteiger partial charge on any atom is 0.231 e. The first kappa shape index (κ1) is 11.7. The molecule has 0 fully saturated rings. The summed E-state index contributed by atoms with van der Waals surface area (Å²) >= 11 is 0. The minimum atomic E-state index is -0.166. The van der Waals surface area contributed by atoms with Crippen molar-refractivity contribution in [3.05, 3.63) is 36.5 Å². The highest BCUT2D eigenvalue weighted by atomic mass is 16.7. The van der Waals surface area contributed by atoms with Gasteiger partial charge in [0.05, 0.1) is 18.8 Å². The quantitative estimate of drug-likeness (QED) is 0.839. The molecule has 3 rings (SSSR count). The highest BCUT2D eigenvalue weighted by molar-refractivity contribution is 5.66. The molecule has 0 spiro atoms. The molecule has 6 nitrogen and oxygen atoms in total. The lowest BCUT2D eigenvalue weighted by Crippen LogP contribution is -2.01. The van der Waals surface area contributed by atoms with Crippen LogP contribution >= 0.6 is 0 Å². The summed E-state index contributed by atoms with van der Waals surface area (Å²) in [5.41, 5.74) is 2.17. The molecule has 6 heteroatoms. The molecule has 1 N–H and O–H groups in total. The van der Waals surface area contributed by atoms with Gasteiger partial charge in [0.1, 0.15) is 5.69 Å². The molecule has 0 saturated carbocycles. The summed E-state index contributed by atoms with van der Waals surface area (Å²) in [6, 6.07) is 5.59. The van der Waals surface area contributed by atoms with Crippen molar-refractivity contribution in [3.63, 3.8) is 0 Å². The number of benzene rings is 1. The SMILES string of the molecule is C=CCn1nnc(CO)c1-c1ccc2c(c1)OCO2. The van der Waals surface area contributed by atoms with E-state index in [1.165, 1.54) is 0 Å². The van der Waals surface area contributed by atoms with Gasteiger partial charge in [-0.15, -0.1) is 11.7 Å². The zero-order valence-corrected chi connectivity index (χ0v) is 10.2. The second-order valence-corrected chi connectivity index (χ2v) is 4.08. The molecule has 19 heavy (non-hydrogen) atoms. The van der Waals surface area contributed by atoms with Crippen molar-refractivity contribution in [1.82, 2.24) is 15.0 Å². The van der Waals surface area contributed by atoms with E-state index >= 15 is 0 Å². The number of aliphatic hydroxyl groups is 1. The Balaban J connectivity index is 2.10. The first-order valence-corrected chi connectivity index (χ1v) is 5.87. The Morgan fingerprint density at radius 3 is 3.00 bits per heavy atom. The van der Waals surface area contributed by atoms with E-state index in [1.807, 2.05) is 18.2 Å². The Bertz CT molecular complexity index is 622. The van der Waals surface area contributed by atoms with Gasteiger partial charge in [0.15, 0.2) is 11.5 Å². The highest BCUT2D eigenvalue weighted by Gasteiger charge is 2.18. The zero-order valence-electron chi connectivity index (χ0n) is 10.2. The third-order valence-electron chi connectivity index (χ3n) is 2.90. The normalized spacial score (nSPS) is 12.7. The molecule has 0 atom stereocenters. The molecule has 0 unspecified atom stereocenters. The summed E-state index contributed by atoms with van der Waals surface area (Å²) in [5, 5.41) is 17.3. The number of rotatable bonds is 4. The van der Waals surface area contributed by atoms with Gasteiger partial charge in [-0.1, -0.05) is 11.3 Å². The molecule has 2 aromatic rings. The van der Waals surface area contributed by atoms with Crippen LogP contribution in [0, 0.1) is 0 Å². The van der Waals surface area contributed by atoms with Crippen LogP contribution in [0.25, 0.3) is 11.3 Å². The molecule has 1 aromatic heterocycles. The van der Waals surface area contributed by atoms with Crippen LogP contribution in [0.5, 0.6) is 11.5 Å². The molecule has 0 bridgehead atoms. The summed E-state index contributed by atoms with van der Waals surface area (Å²) in [6.07, 6.45) is 1.73. The summed E-state index contributed by atoms with van der Waals surface area (Å²) in [6.45, 7) is 4.28. The monoisotopic (exact) mass is 259 g/mol. The van der Waals surface area contributed by atoms with Crippen LogP contribution in [0.3, 0.4) is 0 Å². The topological polar surface area (TPSA) is 69.4 Å². The first-order chi connectivity index (χ1) is 9.33. The number of allylic oxidation sites excluding steroid dienone is 1. The van der Waals surface area contributed by atoms with Crippen LogP contribution in [-0.2, 0) is 13.2 Å². The predicted octanol–water partition coefficient (Wildman–Crippen LogP) is 1.35. The summed E-state index contributed by atoms with van der Waals surface area (Å²) in [7, 11) is 0. The maximum absolute atomic E-state index is 9.36. The summed E-state index contributed by atoms with van der Waals surface area (Å²) in [5.74, 6) is 1.41. The van der Waals surface area contributed by atoms with Crippen molar-refractivity contribution < 1.29 is 14.6 Å². The second-order valence-electron chi connectivity index (χ2n) is 4.08. The average molecular weight is 259 g/mol. The minimum absolute atomic E-state index is 0.166. The van der Waals surface area contributed by atoms with Gasteiger partial charge in [0, 0.05) is 5.56 Å². The van der Waals surface area contributed by atoms with Crippen molar-refractivity contribution in [2.24, 2.45) is 0 Å². The van der Waals surface area contributed by atoms with Gasteiger partial charge in [0.2, 0.25) is 6.79 Å². The van der Waals surface area contributed by atoms with E-state index in [9.17, 15) is 5.11 Å².